The van der Waals surface area contributed by atoms with E-state index in [0.29, 0.717) is 23.9 Å². The third kappa shape index (κ3) is 32.2. The summed E-state index contributed by atoms with van der Waals surface area (Å²) in [7, 11) is 1.13. The maximum Gasteiger partial charge on any atom is 0.306 e. The van der Waals surface area contributed by atoms with Crippen LogP contribution in [0, 0.1) is 0 Å². The van der Waals surface area contributed by atoms with Crippen LogP contribution in [-0.2, 0) is 37.4 Å². The molecular formula is C42H76NO9P. The van der Waals surface area contributed by atoms with Crippen LogP contribution in [0.25, 0.3) is 0 Å². The maximum absolute atomic E-state index is 12.6. The summed E-state index contributed by atoms with van der Waals surface area (Å²) in [5, 5.41) is 0. The van der Waals surface area contributed by atoms with Gasteiger partial charge in [-0.15, -0.1) is 0 Å². The minimum atomic E-state index is -4.64. The van der Waals surface area contributed by atoms with E-state index < -0.39 is 32.5 Å². The number of epoxide rings is 1. The lowest BCUT2D eigenvalue weighted by Gasteiger charge is -2.28. The molecule has 0 aromatic heterocycles. The van der Waals surface area contributed by atoms with Crippen LogP contribution in [0.4, 0.5) is 0 Å². The van der Waals surface area contributed by atoms with Crippen LogP contribution >= 0.6 is 7.82 Å². The first kappa shape index (κ1) is 49.2. The predicted molar refractivity (Wildman–Crippen MR) is 212 cm³/mol. The Hall–Kier alpha value is -1.81. The molecule has 1 rings (SSSR count). The van der Waals surface area contributed by atoms with Crippen molar-refractivity contribution in [3.8, 4) is 0 Å². The number of nitrogens with zero attached hydrogens (tertiary/aromatic N) is 1. The van der Waals surface area contributed by atoms with E-state index in [1.165, 1.54) is 64.2 Å². The number of likely N-dealkylation sites (N-methyl/N-ethyl adjacent to an activating group) is 1. The van der Waals surface area contributed by atoms with E-state index in [-0.39, 0.29) is 38.3 Å². The smallest absolute Gasteiger partial charge is 0.306 e. The molecule has 0 N–H and O–H groups in total. The molecule has 3 unspecified atom stereocenters. The molecule has 0 aromatic carbocycles. The Kier molecular flexibility index (Phi) is 29.2. The van der Waals surface area contributed by atoms with Crippen molar-refractivity contribution in [2.75, 3.05) is 47.5 Å². The van der Waals surface area contributed by atoms with Gasteiger partial charge in [-0.2, -0.15) is 0 Å². The number of carbonyl (C=O) groups excluding carboxylic acids is 2. The molecule has 0 saturated carbocycles. The van der Waals surface area contributed by atoms with Gasteiger partial charge >= 0.3 is 11.9 Å². The van der Waals surface area contributed by atoms with Crippen molar-refractivity contribution >= 4 is 19.8 Å². The summed E-state index contributed by atoms with van der Waals surface area (Å²) < 4.78 is 39.5. The first-order valence-corrected chi connectivity index (χ1v) is 22.3. The molecule has 1 aliphatic heterocycles. The molecule has 0 aromatic rings. The van der Waals surface area contributed by atoms with Crippen LogP contribution in [-0.4, -0.2) is 82.2 Å². The van der Waals surface area contributed by atoms with Crippen molar-refractivity contribution in [1.82, 2.24) is 0 Å². The molecule has 1 saturated heterocycles. The largest absolute Gasteiger partial charge is 0.756 e. The number of rotatable bonds is 36. The zero-order valence-electron chi connectivity index (χ0n) is 34.1. The van der Waals surface area contributed by atoms with E-state index in [2.05, 4.69) is 50.3 Å². The minimum Gasteiger partial charge on any atom is -0.756 e. The number of hydrogen-bond acceptors (Lipinski definition) is 9. The van der Waals surface area contributed by atoms with Crippen molar-refractivity contribution in [3.05, 3.63) is 36.5 Å². The number of phosphoric ester groups is 1. The van der Waals surface area contributed by atoms with Crippen LogP contribution in [0.3, 0.4) is 0 Å². The molecule has 0 aliphatic carbocycles. The van der Waals surface area contributed by atoms with E-state index in [0.717, 1.165) is 51.4 Å². The number of carbonyl (C=O) groups is 2. The molecule has 10 nitrogen and oxygen atoms in total. The molecule has 0 bridgehead atoms. The lowest BCUT2D eigenvalue weighted by molar-refractivity contribution is -0.870. The molecule has 308 valence electrons. The van der Waals surface area contributed by atoms with Crippen LogP contribution in [0.15, 0.2) is 36.5 Å². The number of esters is 2. The summed E-state index contributed by atoms with van der Waals surface area (Å²) in [5.74, 6) is -0.909. The van der Waals surface area contributed by atoms with Gasteiger partial charge in [0.2, 0.25) is 0 Å². The molecule has 1 fully saturated rings. The fourth-order valence-electron chi connectivity index (χ4n) is 5.63. The zero-order valence-corrected chi connectivity index (χ0v) is 35.0. The van der Waals surface area contributed by atoms with Gasteiger partial charge in [0.25, 0.3) is 7.82 Å². The lowest BCUT2D eigenvalue weighted by atomic mass is 10.1. The summed E-state index contributed by atoms with van der Waals surface area (Å²) in [6.45, 7) is 4.10. The highest BCUT2D eigenvalue weighted by Crippen LogP contribution is 2.38. The van der Waals surface area contributed by atoms with Crippen molar-refractivity contribution in [1.29, 1.82) is 0 Å². The van der Waals surface area contributed by atoms with Gasteiger partial charge in [0.05, 0.1) is 40.0 Å². The molecular weight excluding hydrogens is 693 g/mol. The highest BCUT2D eigenvalue weighted by Gasteiger charge is 2.36. The third-order valence-corrected chi connectivity index (χ3v) is 10.0. The fraction of sp³-hybridized carbons (Fsp3) is 0.810. The van der Waals surface area contributed by atoms with Crippen molar-refractivity contribution in [2.45, 2.75) is 173 Å². The summed E-state index contributed by atoms with van der Waals surface area (Å²) >= 11 is 0. The molecule has 0 spiro atoms. The average molecular weight is 770 g/mol. The SMILES string of the molecule is CCCCC/C=C\C/C=C\CC1OC1C/C=C\CCCC(=O)OC[C@H](COP(=O)([O-])OCC[N+](C)(C)C)OC(=O)CCCCCCCCCCCCC. The Morgan fingerprint density at radius 1 is 0.679 bits per heavy atom. The molecule has 0 amide bonds. The van der Waals surface area contributed by atoms with Gasteiger partial charge in [-0.05, 0) is 51.4 Å². The quantitative estimate of drug-likeness (QED) is 0.0153. The Morgan fingerprint density at radius 2 is 1.21 bits per heavy atom. The lowest BCUT2D eigenvalue weighted by Crippen LogP contribution is -2.37. The van der Waals surface area contributed by atoms with Crippen molar-refractivity contribution in [2.24, 2.45) is 0 Å². The van der Waals surface area contributed by atoms with Crippen LogP contribution in [0.5, 0.6) is 0 Å². The highest BCUT2D eigenvalue weighted by molar-refractivity contribution is 7.45. The predicted octanol–water partition coefficient (Wildman–Crippen LogP) is 9.71. The van der Waals surface area contributed by atoms with Crippen molar-refractivity contribution in [3.63, 3.8) is 0 Å². The maximum atomic E-state index is 12.6. The highest BCUT2D eigenvalue weighted by atomic mass is 31.2. The molecule has 11 heteroatoms. The van der Waals surface area contributed by atoms with Gasteiger partial charge in [-0.25, -0.2) is 0 Å². The Balaban J connectivity index is 2.34. The van der Waals surface area contributed by atoms with E-state index >= 15 is 0 Å². The number of phosphoric acid groups is 1. The molecule has 1 aliphatic rings. The zero-order chi connectivity index (χ0) is 39.0. The van der Waals surface area contributed by atoms with Gasteiger partial charge in [-0.3, -0.25) is 14.2 Å². The number of unbranched alkanes of at least 4 members (excludes halogenated alkanes) is 14. The van der Waals surface area contributed by atoms with E-state index in [9.17, 15) is 19.0 Å². The normalized spacial score (nSPS) is 17.8. The van der Waals surface area contributed by atoms with Crippen LogP contribution in [0.1, 0.15) is 155 Å². The number of hydrogen-bond donors (Lipinski definition) is 0. The molecule has 1 heterocycles. The second-order valence-electron chi connectivity index (χ2n) is 15.4. The van der Waals surface area contributed by atoms with Gasteiger partial charge < -0.3 is 32.6 Å². The Bertz CT molecular complexity index is 1070. The van der Waals surface area contributed by atoms with Gasteiger partial charge in [0.15, 0.2) is 6.10 Å². The monoisotopic (exact) mass is 770 g/mol. The molecule has 0 radical (unpaired) electrons. The second kappa shape index (κ2) is 31.4. The standard InChI is InChI=1S/C42H76NO9P/c1-6-8-10-12-14-16-17-19-21-23-29-33-42(45)51-38(37-50-53(46,47)49-35-34-43(3,4)5)36-48-41(44)32-28-25-24-27-31-40-39(52-40)30-26-22-20-18-15-13-11-9-7-2/h15,18,22,24,26-27,38-40H,6-14,16-17,19-21,23,25,28-37H2,1-5H3/b18-15-,26-22-,27-24-/t38-,39?,40?/m1/s1. The summed E-state index contributed by atoms with van der Waals surface area (Å²) in [6, 6.07) is 0. The first-order valence-electron chi connectivity index (χ1n) is 20.8. The van der Waals surface area contributed by atoms with Gasteiger partial charge in [-0.1, -0.05) is 127 Å². The van der Waals surface area contributed by atoms with Crippen molar-refractivity contribution < 1.29 is 46.8 Å². The Labute approximate surface area is 323 Å². The Morgan fingerprint density at radius 3 is 1.85 bits per heavy atom. The van der Waals surface area contributed by atoms with Gasteiger partial charge in [0, 0.05) is 12.8 Å². The first-order chi connectivity index (χ1) is 25.5. The average Bonchev–Trinajstić information content (AvgIpc) is 3.86. The van der Waals surface area contributed by atoms with Crippen LogP contribution in [0.2, 0.25) is 0 Å². The van der Waals surface area contributed by atoms with E-state index in [4.69, 9.17) is 23.3 Å². The number of allylic oxidation sites excluding steroid dienone is 4. The fourth-order valence-corrected chi connectivity index (χ4v) is 6.36. The van der Waals surface area contributed by atoms with Crippen LogP contribution < -0.4 is 4.89 Å². The molecule has 4 atom stereocenters. The number of ether oxygens (including phenoxy) is 3. The third-order valence-electron chi connectivity index (χ3n) is 9.07. The topological polar surface area (TPSA) is 124 Å². The second-order valence-corrected chi connectivity index (χ2v) is 16.8. The minimum absolute atomic E-state index is 0.0417. The number of quaternary nitrogens is 1. The molecule has 53 heavy (non-hydrogen) atoms. The summed E-state index contributed by atoms with van der Waals surface area (Å²) in [4.78, 5) is 37.4. The van der Waals surface area contributed by atoms with E-state index in [1.54, 1.807) is 0 Å². The summed E-state index contributed by atoms with van der Waals surface area (Å²) in [6.07, 6.45) is 34.9. The van der Waals surface area contributed by atoms with E-state index in [1.807, 2.05) is 21.1 Å². The summed E-state index contributed by atoms with van der Waals surface area (Å²) in [5.41, 5.74) is 0. The van der Waals surface area contributed by atoms with Gasteiger partial charge in [0.1, 0.15) is 19.8 Å².